The molecule has 150 valence electrons. The fraction of sp³-hybridized carbons (Fsp3) is 0.167. The fourth-order valence-corrected chi connectivity index (χ4v) is 2.38. The zero-order chi connectivity index (χ0) is 20.5. The summed E-state index contributed by atoms with van der Waals surface area (Å²) in [6.45, 7) is 0. The van der Waals surface area contributed by atoms with E-state index in [9.17, 15) is 0 Å². The van der Waals surface area contributed by atoms with E-state index in [1.807, 2.05) is 36.4 Å². The number of benzene rings is 2. The van der Waals surface area contributed by atoms with E-state index in [-0.39, 0.29) is 37.7 Å². The van der Waals surface area contributed by atoms with E-state index >= 15 is 0 Å². The van der Waals surface area contributed by atoms with E-state index in [2.05, 4.69) is 24.3 Å². The van der Waals surface area contributed by atoms with Gasteiger partial charge < -0.3 is 10.2 Å². The molecule has 0 aromatic heterocycles. The van der Waals surface area contributed by atoms with Gasteiger partial charge in [0.05, 0.1) is 11.8 Å². The Morgan fingerprint density at radius 2 is 1.07 bits per heavy atom. The molecule has 0 aliphatic heterocycles. The van der Waals surface area contributed by atoms with Gasteiger partial charge in [-0.25, -0.2) is 24.3 Å². The van der Waals surface area contributed by atoms with Gasteiger partial charge in [0.2, 0.25) is 0 Å². The molecule has 0 heterocycles. The Balaban J connectivity index is 0.000000369. The van der Waals surface area contributed by atoms with Crippen LogP contribution in [-0.2, 0) is 38.0 Å². The van der Waals surface area contributed by atoms with Crippen LogP contribution in [0.1, 0.15) is 24.0 Å². The first-order valence-corrected chi connectivity index (χ1v) is 9.85. The Hall–Kier alpha value is -1.54. The third-order valence-corrected chi connectivity index (χ3v) is 4.02. The Bertz CT molecular complexity index is 711. The molecule has 2 aliphatic carbocycles. The van der Waals surface area contributed by atoms with E-state index in [4.69, 9.17) is 33.4 Å². The second kappa shape index (κ2) is 18.5. The molecule has 0 radical (unpaired) electrons. The molecule has 0 amide bonds. The van der Waals surface area contributed by atoms with Crippen LogP contribution >= 0.6 is 23.2 Å². The van der Waals surface area contributed by atoms with Gasteiger partial charge in [0.25, 0.3) is 0 Å². The number of halogens is 2. The molecule has 2 aromatic rings. The van der Waals surface area contributed by atoms with Crippen molar-refractivity contribution in [1.82, 2.24) is 0 Å². The van der Waals surface area contributed by atoms with E-state index in [1.54, 1.807) is 36.4 Å². The third kappa shape index (κ3) is 13.3. The van der Waals surface area contributed by atoms with Crippen LogP contribution in [0.15, 0.2) is 85.0 Å². The molecule has 0 spiro atoms. The number of phenols is 2. The Morgan fingerprint density at radius 3 is 1.24 bits per heavy atom. The molecule has 4 rings (SSSR count). The maximum atomic E-state index is 9.03. The number of rotatable bonds is 2. The molecule has 2 aromatic carbocycles. The van der Waals surface area contributed by atoms with Gasteiger partial charge in [0.15, 0.2) is 0 Å². The number of phenolic OH excluding ortho intramolecular Hbond substituents is 2. The molecule has 2 nitrogen and oxygen atoms in total. The van der Waals surface area contributed by atoms with Crippen molar-refractivity contribution in [2.45, 2.75) is 24.6 Å². The van der Waals surface area contributed by atoms with E-state index in [1.165, 1.54) is 0 Å². The van der Waals surface area contributed by atoms with E-state index < -0.39 is 0 Å². The summed E-state index contributed by atoms with van der Waals surface area (Å²) in [5, 5.41) is 18.1. The topological polar surface area (TPSA) is 40.5 Å². The van der Waals surface area contributed by atoms with Crippen LogP contribution in [-0.4, -0.2) is 10.2 Å². The molecule has 2 N–H and O–H groups in total. The van der Waals surface area contributed by atoms with Gasteiger partial charge in [-0.3, -0.25) is 12.2 Å². The van der Waals surface area contributed by atoms with Crippen molar-refractivity contribution in [2.24, 2.45) is 0 Å². The predicted molar refractivity (Wildman–Crippen MR) is 118 cm³/mol. The van der Waals surface area contributed by atoms with Gasteiger partial charge in [-0.1, -0.05) is 36.4 Å². The molecular weight excluding hydrogens is 482 g/mol. The van der Waals surface area contributed by atoms with Crippen molar-refractivity contribution in [3.8, 4) is 11.5 Å². The molecule has 5 heteroatoms. The number of aromatic hydroxyl groups is 2. The Kier molecular flexibility index (Phi) is 17.5. The standard InChI is InChI=1S/2C7H7ClO.2C5H5.Zr/c2*8-5-6-3-1-2-4-7(6)9;2*1-2-4-5-3-1;/h2*1-4,9H,5H2;2*1-3H,4H2;/q;;2*-1;+2. The number of para-hydroxylation sites is 2. The summed E-state index contributed by atoms with van der Waals surface area (Å²) >= 11 is 10.9. The van der Waals surface area contributed by atoms with Crippen molar-refractivity contribution in [2.75, 3.05) is 0 Å². The van der Waals surface area contributed by atoms with Gasteiger partial charge in [0, 0.05) is 11.1 Å². The molecule has 0 fully saturated rings. The maximum Gasteiger partial charge on any atom is 2.00 e. The van der Waals surface area contributed by atoms with Crippen LogP contribution in [0.4, 0.5) is 0 Å². The molecule has 0 atom stereocenters. The summed E-state index contributed by atoms with van der Waals surface area (Å²) in [4.78, 5) is 0. The van der Waals surface area contributed by atoms with Crippen LogP contribution in [0.2, 0.25) is 0 Å². The minimum atomic E-state index is 0. The van der Waals surface area contributed by atoms with Crippen molar-refractivity contribution < 1.29 is 36.4 Å². The largest absolute Gasteiger partial charge is 2.00 e. The number of alkyl halides is 2. The molecule has 0 bridgehead atoms. The Morgan fingerprint density at radius 1 is 0.690 bits per heavy atom. The van der Waals surface area contributed by atoms with Crippen LogP contribution in [0.3, 0.4) is 0 Å². The monoisotopic (exact) mass is 504 g/mol. The molecule has 0 saturated heterocycles. The first kappa shape index (κ1) is 27.5. The second-order valence-electron chi connectivity index (χ2n) is 5.53. The van der Waals surface area contributed by atoms with E-state index in [0.717, 1.165) is 24.0 Å². The number of hydrogen-bond donors (Lipinski definition) is 2. The quantitative estimate of drug-likeness (QED) is 0.345. The molecule has 0 saturated carbocycles. The summed E-state index contributed by atoms with van der Waals surface area (Å²) in [6.07, 6.45) is 20.0. The number of hydrogen-bond acceptors (Lipinski definition) is 2. The van der Waals surface area contributed by atoms with Crippen LogP contribution < -0.4 is 0 Å². The number of allylic oxidation sites excluding steroid dienone is 8. The second-order valence-corrected chi connectivity index (χ2v) is 6.07. The van der Waals surface area contributed by atoms with Crippen LogP contribution in [0.5, 0.6) is 11.5 Å². The summed E-state index contributed by atoms with van der Waals surface area (Å²) in [5.41, 5.74) is 1.55. The molecule has 2 aliphatic rings. The predicted octanol–water partition coefficient (Wildman–Crippen LogP) is 6.87. The van der Waals surface area contributed by atoms with Gasteiger partial charge >= 0.3 is 26.2 Å². The summed E-state index contributed by atoms with van der Waals surface area (Å²) in [5.74, 6) is 1.28. The van der Waals surface area contributed by atoms with Crippen LogP contribution in [0, 0.1) is 12.2 Å². The SMILES string of the molecule is Oc1ccccc1CCl.Oc1ccccc1CCl.[C-]1=CC=CC1.[C-]1=CC=CC1.[Zr+2]. The zero-order valence-corrected chi connectivity index (χ0v) is 20.0. The molecule has 29 heavy (non-hydrogen) atoms. The van der Waals surface area contributed by atoms with Gasteiger partial charge in [-0.2, -0.15) is 12.2 Å². The zero-order valence-electron chi connectivity index (χ0n) is 16.1. The average Bonchev–Trinajstić information content (AvgIpc) is 3.48. The smallest absolute Gasteiger partial charge is 0.508 e. The fourth-order valence-electron chi connectivity index (χ4n) is 1.93. The first-order chi connectivity index (χ1) is 13.7. The average molecular weight is 507 g/mol. The van der Waals surface area contributed by atoms with E-state index in [0.29, 0.717) is 11.8 Å². The van der Waals surface area contributed by atoms with Gasteiger partial charge in [-0.15, -0.1) is 36.0 Å². The van der Waals surface area contributed by atoms with Crippen molar-refractivity contribution in [1.29, 1.82) is 0 Å². The minimum absolute atomic E-state index is 0. The maximum absolute atomic E-state index is 9.03. The van der Waals surface area contributed by atoms with Crippen molar-refractivity contribution in [3.05, 3.63) is 108 Å². The first-order valence-electron chi connectivity index (χ1n) is 8.78. The Labute approximate surface area is 203 Å². The van der Waals surface area contributed by atoms with Crippen LogP contribution in [0.25, 0.3) is 0 Å². The normalized spacial score (nSPS) is 11.9. The van der Waals surface area contributed by atoms with Gasteiger partial charge in [0.1, 0.15) is 11.5 Å². The van der Waals surface area contributed by atoms with Crippen molar-refractivity contribution in [3.63, 3.8) is 0 Å². The molecular formula is C24H24Cl2O2Zr. The summed E-state index contributed by atoms with van der Waals surface area (Å²) in [7, 11) is 0. The summed E-state index contributed by atoms with van der Waals surface area (Å²) < 4.78 is 0. The molecule has 0 unspecified atom stereocenters. The third-order valence-electron chi connectivity index (χ3n) is 3.44. The minimum Gasteiger partial charge on any atom is -0.508 e. The van der Waals surface area contributed by atoms with Crippen molar-refractivity contribution >= 4 is 23.2 Å². The van der Waals surface area contributed by atoms with Gasteiger partial charge in [-0.05, 0) is 12.1 Å². The summed E-state index contributed by atoms with van der Waals surface area (Å²) in [6, 6.07) is 14.1.